The third-order valence-corrected chi connectivity index (χ3v) is 6.06. The summed E-state index contributed by atoms with van der Waals surface area (Å²) in [6.45, 7) is 4.61. The van der Waals surface area contributed by atoms with Crippen LogP contribution in [0, 0.1) is 11.3 Å². The van der Waals surface area contributed by atoms with Gasteiger partial charge in [0, 0.05) is 23.8 Å². The van der Waals surface area contributed by atoms with E-state index in [9.17, 15) is 5.26 Å². The van der Waals surface area contributed by atoms with E-state index < -0.39 is 0 Å². The molecule has 7 nitrogen and oxygen atoms in total. The second-order valence-electron chi connectivity index (χ2n) is 8.30. The summed E-state index contributed by atoms with van der Waals surface area (Å²) in [5.74, 6) is 2.23. The first-order valence-electron chi connectivity index (χ1n) is 11.2. The molecule has 0 amide bonds. The number of nitrogens with zero attached hydrogens (tertiary/aromatic N) is 3. The van der Waals surface area contributed by atoms with Crippen LogP contribution in [0.3, 0.4) is 0 Å². The number of nitrogens with one attached hydrogen (secondary N) is 3. The highest BCUT2D eigenvalue weighted by atomic mass is 16.5. The van der Waals surface area contributed by atoms with Crippen molar-refractivity contribution in [1.82, 2.24) is 14.9 Å². The van der Waals surface area contributed by atoms with Crippen molar-refractivity contribution in [2.24, 2.45) is 0 Å². The maximum atomic E-state index is 10.1. The van der Waals surface area contributed by atoms with Gasteiger partial charge in [0.1, 0.15) is 23.2 Å². The smallest absolute Gasteiger partial charge is 0.138 e. The fourth-order valence-corrected chi connectivity index (χ4v) is 4.44. The number of anilines is 3. The normalized spacial score (nSPS) is 18.5. The van der Waals surface area contributed by atoms with Crippen molar-refractivity contribution in [2.45, 2.75) is 44.6 Å². The highest BCUT2D eigenvalue weighted by Gasteiger charge is 2.34. The lowest BCUT2D eigenvalue weighted by atomic mass is 10.0. The zero-order valence-electron chi connectivity index (χ0n) is 17.8. The van der Waals surface area contributed by atoms with Gasteiger partial charge in [-0.25, -0.2) is 4.52 Å². The molecule has 0 spiro atoms. The number of rotatable bonds is 7. The number of hydrogen-bond donors (Lipinski definition) is 3. The third-order valence-electron chi connectivity index (χ3n) is 6.06. The van der Waals surface area contributed by atoms with Gasteiger partial charge in [-0.05, 0) is 75.4 Å². The first-order valence-corrected chi connectivity index (χ1v) is 11.2. The summed E-state index contributed by atoms with van der Waals surface area (Å²) < 4.78 is 7.46. The number of fused-ring (bicyclic) bond motifs is 1. The highest BCUT2D eigenvalue weighted by molar-refractivity contribution is 5.83. The van der Waals surface area contributed by atoms with Crippen LogP contribution in [0.4, 0.5) is 17.2 Å². The Morgan fingerprint density at radius 2 is 2.06 bits per heavy atom. The molecule has 2 fully saturated rings. The number of hydrogen-bond acceptors (Lipinski definition) is 6. The van der Waals surface area contributed by atoms with Crippen LogP contribution in [-0.4, -0.2) is 35.4 Å². The van der Waals surface area contributed by atoms with Crippen molar-refractivity contribution in [3.05, 3.63) is 47.7 Å². The molecule has 7 heteroatoms. The van der Waals surface area contributed by atoms with E-state index in [1.54, 1.807) is 6.20 Å². The maximum Gasteiger partial charge on any atom is 0.138 e. The molecule has 0 bridgehead atoms. The van der Waals surface area contributed by atoms with E-state index in [0.717, 1.165) is 67.2 Å². The average molecular weight is 417 g/mol. The second kappa shape index (κ2) is 8.48. The van der Waals surface area contributed by atoms with Crippen LogP contribution in [0.2, 0.25) is 0 Å². The Morgan fingerprint density at radius 3 is 2.74 bits per heavy atom. The Labute approximate surface area is 182 Å². The van der Waals surface area contributed by atoms with Crippen molar-refractivity contribution < 1.29 is 4.74 Å². The van der Waals surface area contributed by atoms with Crippen molar-refractivity contribution in [2.75, 3.05) is 30.3 Å². The fraction of sp³-hybridized carbons (Fsp3) is 0.417. The summed E-state index contributed by atoms with van der Waals surface area (Å²) in [7, 11) is 0. The summed E-state index contributed by atoms with van der Waals surface area (Å²) in [6.07, 6.45) is 6.28. The predicted molar refractivity (Wildman–Crippen MR) is 122 cm³/mol. The largest absolute Gasteiger partial charge is 0.494 e. The van der Waals surface area contributed by atoms with E-state index >= 15 is 0 Å². The molecule has 0 radical (unpaired) electrons. The summed E-state index contributed by atoms with van der Waals surface area (Å²) >= 11 is 0. The molecular weight excluding hydrogens is 388 g/mol. The number of aromatic nitrogens is 2. The van der Waals surface area contributed by atoms with E-state index in [1.807, 2.05) is 41.8 Å². The number of benzene rings is 1. The van der Waals surface area contributed by atoms with Crippen molar-refractivity contribution in [1.29, 1.82) is 5.26 Å². The first kappa shape index (κ1) is 19.7. The summed E-state index contributed by atoms with van der Waals surface area (Å²) in [6, 6.07) is 12.7. The van der Waals surface area contributed by atoms with Crippen LogP contribution in [-0.2, 0) is 0 Å². The zero-order chi connectivity index (χ0) is 21.2. The lowest BCUT2D eigenvalue weighted by Gasteiger charge is -2.28. The molecule has 1 aliphatic heterocycles. The van der Waals surface area contributed by atoms with Gasteiger partial charge in [-0.2, -0.15) is 10.4 Å². The molecule has 1 aliphatic carbocycles. The van der Waals surface area contributed by atoms with Gasteiger partial charge >= 0.3 is 0 Å². The highest BCUT2D eigenvalue weighted by Crippen LogP contribution is 2.49. The standard InChI is InChI=1S/C24H28N6O/c1-2-31-19-9-7-17(8-10-19)29-24-22(16-5-6-16)23(28-18-4-3-12-26-15-18)20(14-25)21-11-13-27-30(21)24/h7-11,13,16,18,26,28-29H,2-6,12,15H2,1H3/t18-/m1/s1. The molecule has 3 N–H and O–H groups in total. The minimum absolute atomic E-state index is 0.321. The zero-order valence-corrected chi connectivity index (χ0v) is 17.8. The minimum atomic E-state index is 0.321. The molecule has 2 aromatic heterocycles. The molecule has 1 saturated heterocycles. The average Bonchev–Trinajstić information content (AvgIpc) is 3.52. The van der Waals surface area contributed by atoms with Crippen molar-refractivity contribution in [3.8, 4) is 11.8 Å². The van der Waals surface area contributed by atoms with Gasteiger partial charge in [0.25, 0.3) is 0 Å². The molecule has 1 saturated carbocycles. The first-order chi connectivity index (χ1) is 15.3. The Hall–Kier alpha value is -3.24. The van der Waals surface area contributed by atoms with Gasteiger partial charge in [-0.3, -0.25) is 0 Å². The Morgan fingerprint density at radius 1 is 1.23 bits per heavy atom. The maximum absolute atomic E-state index is 10.1. The van der Waals surface area contributed by atoms with Crippen molar-refractivity contribution in [3.63, 3.8) is 0 Å². The Balaban J connectivity index is 1.60. The lowest BCUT2D eigenvalue weighted by molar-refractivity contribution is 0.340. The fourth-order valence-electron chi connectivity index (χ4n) is 4.44. The van der Waals surface area contributed by atoms with Crippen LogP contribution in [0.15, 0.2) is 36.5 Å². The van der Waals surface area contributed by atoms with Gasteiger partial charge < -0.3 is 20.7 Å². The molecule has 3 heterocycles. The minimum Gasteiger partial charge on any atom is -0.494 e. The van der Waals surface area contributed by atoms with Gasteiger partial charge in [0.2, 0.25) is 0 Å². The van der Waals surface area contributed by atoms with Gasteiger partial charge in [-0.1, -0.05) is 0 Å². The number of pyridine rings is 1. The summed E-state index contributed by atoms with van der Waals surface area (Å²) in [5, 5.41) is 25.4. The lowest BCUT2D eigenvalue weighted by Crippen LogP contribution is -2.38. The number of ether oxygens (including phenoxy) is 1. The van der Waals surface area contributed by atoms with E-state index in [2.05, 4.69) is 27.1 Å². The molecule has 1 atom stereocenters. The number of nitriles is 1. The topological polar surface area (TPSA) is 86.4 Å². The quantitative estimate of drug-likeness (QED) is 0.530. The van der Waals surface area contributed by atoms with Crippen LogP contribution in [0.25, 0.3) is 5.52 Å². The molecule has 5 rings (SSSR count). The molecule has 1 aromatic carbocycles. The second-order valence-corrected chi connectivity index (χ2v) is 8.30. The van der Waals surface area contributed by atoms with Crippen LogP contribution in [0.5, 0.6) is 5.75 Å². The van der Waals surface area contributed by atoms with Gasteiger partial charge in [0.15, 0.2) is 0 Å². The Bertz CT molecular complexity index is 1100. The predicted octanol–water partition coefficient (Wildman–Crippen LogP) is 4.39. The molecule has 2 aliphatic rings. The molecule has 0 unspecified atom stereocenters. The van der Waals surface area contributed by atoms with Crippen molar-refractivity contribution >= 4 is 22.7 Å². The molecule has 160 valence electrons. The third kappa shape index (κ3) is 3.91. The van der Waals surface area contributed by atoms with E-state index in [1.165, 1.54) is 5.56 Å². The van der Waals surface area contributed by atoms with Crippen LogP contribution in [0.1, 0.15) is 49.7 Å². The monoisotopic (exact) mass is 416 g/mol. The van der Waals surface area contributed by atoms with E-state index in [0.29, 0.717) is 24.1 Å². The van der Waals surface area contributed by atoms with E-state index in [4.69, 9.17) is 4.74 Å². The molecular formula is C24H28N6O. The van der Waals surface area contributed by atoms with Gasteiger partial charge in [-0.15, -0.1) is 0 Å². The summed E-state index contributed by atoms with van der Waals surface area (Å²) in [5.41, 5.74) is 4.62. The summed E-state index contributed by atoms with van der Waals surface area (Å²) in [4.78, 5) is 0. The SMILES string of the molecule is CCOc1ccc(Nc2c(C3CC3)c(N[C@@H]3CCCNC3)c(C#N)c3ccnn23)cc1. The Kier molecular flexibility index (Phi) is 5.39. The van der Waals surface area contributed by atoms with E-state index in [-0.39, 0.29) is 0 Å². The number of piperidine rings is 1. The van der Waals surface area contributed by atoms with Gasteiger partial charge in [0.05, 0.1) is 24.0 Å². The molecule has 3 aromatic rings. The molecule has 31 heavy (non-hydrogen) atoms. The van der Waals surface area contributed by atoms with Crippen LogP contribution >= 0.6 is 0 Å². The van der Waals surface area contributed by atoms with Crippen LogP contribution < -0.4 is 20.7 Å².